The molecule has 2 amide bonds. The van der Waals surface area contributed by atoms with Gasteiger partial charge in [-0.15, -0.1) is 0 Å². The molecule has 0 radical (unpaired) electrons. The molecule has 0 heterocycles. The highest BCUT2D eigenvalue weighted by atomic mass is 16.4. The monoisotopic (exact) mass is 290 g/mol. The summed E-state index contributed by atoms with van der Waals surface area (Å²) >= 11 is 0. The van der Waals surface area contributed by atoms with E-state index in [0.29, 0.717) is 30.5 Å². The number of rotatable bonds is 5. The van der Waals surface area contributed by atoms with Gasteiger partial charge in [0.2, 0.25) is 11.8 Å². The lowest BCUT2D eigenvalue weighted by Crippen LogP contribution is -2.23. The van der Waals surface area contributed by atoms with Crippen molar-refractivity contribution < 1.29 is 19.5 Å². The average Bonchev–Trinajstić information content (AvgIpc) is 2.90. The third-order valence-corrected chi connectivity index (χ3v) is 3.79. The van der Waals surface area contributed by atoms with Gasteiger partial charge in [-0.1, -0.05) is 18.2 Å². The number of primary amides is 1. The van der Waals surface area contributed by atoms with Gasteiger partial charge in [0.15, 0.2) is 0 Å². The Hall–Kier alpha value is -2.37. The second-order valence-electron chi connectivity index (χ2n) is 5.33. The van der Waals surface area contributed by atoms with Crippen LogP contribution in [0.15, 0.2) is 24.3 Å². The Balaban J connectivity index is 2.03. The Labute approximate surface area is 122 Å². The molecule has 0 aliphatic heterocycles. The quantitative estimate of drug-likeness (QED) is 0.755. The van der Waals surface area contributed by atoms with Crippen molar-refractivity contribution in [2.45, 2.75) is 25.7 Å². The van der Waals surface area contributed by atoms with Crippen LogP contribution in [-0.2, 0) is 20.8 Å². The van der Waals surface area contributed by atoms with Crippen LogP contribution in [-0.4, -0.2) is 22.9 Å². The summed E-state index contributed by atoms with van der Waals surface area (Å²) in [6.07, 6.45) is 1.51. The maximum absolute atomic E-state index is 12.2. The van der Waals surface area contributed by atoms with E-state index in [0.717, 1.165) is 0 Å². The van der Waals surface area contributed by atoms with Gasteiger partial charge in [-0.3, -0.25) is 14.4 Å². The zero-order chi connectivity index (χ0) is 15.4. The van der Waals surface area contributed by atoms with Crippen LogP contribution in [0, 0.1) is 11.8 Å². The molecule has 2 rings (SSSR count). The van der Waals surface area contributed by atoms with Gasteiger partial charge in [0.05, 0.1) is 12.3 Å². The molecule has 0 saturated heterocycles. The fourth-order valence-corrected chi connectivity index (χ4v) is 2.66. The Morgan fingerprint density at radius 2 is 1.86 bits per heavy atom. The van der Waals surface area contributed by atoms with Crippen molar-refractivity contribution in [1.29, 1.82) is 0 Å². The smallest absolute Gasteiger partial charge is 0.306 e. The first-order valence-corrected chi connectivity index (χ1v) is 6.87. The summed E-state index contributed by atoms with van der Waals surface area (Å²) in [6, 6.07) is 6.97. The molecule has 6 heteroatoms. The van der Waals surface area contributed by atoms with E-state index in [1.165, 1.54) is 0 Å². The predicted octanol–water partition coefficient (Wildman–Crippen LogP) is 1.15. The molecule has 0 bridgehead atoms. The number of carbonyl (C=O) groups is 3. The van der Waals surface area contributed by atoms with Crippen LogP contribution in [0.25, 0.3) is 0 Å². The van der Waals surface area contributed by atoms with Crippen molar-refractivity contribution in [3.05, 3.63) is 29.8 Å². The van der Waals surface area contributed by atoms with Crippen LogP contribution >= 0.6 is 0 Å². The molecule has 112 valence electrons. The zero-order valence-corrected chi connectivity index (χ0v) is 11.5. The highest BCUT2D eigenvalue weighted by Gasteiger charge is 2.33. The first-order valence-electron chi connectivity index (χ1n) is 6.87. The van der Waals surface area contributed by atoms with E-state index in [-0.39, 0.29) is 18.2 Å². The van der Waals surface area contributed by atoms with Crippen LogP contribution in [0.5, 0.6) is 0 Å². The third-order valence-electron chi connectivity index (χ3n) is 3.79. The van der Waals surface area contributed by atoms with Gasteiger partial charge < -0.3 is 16.2 Å². The first-order chi connectivity index (χ1) is 9.97. The SMILES string of the molecule is NC(=O)Cc1ccccc1NC(=O)C1CCC(C(=O)O)C1. The minimum atomic E-state index is -0.848. The minimum Gasteiger partial charge on any atom is -0.481 e. The Kier molecular flexibility index (Phi) is 4.57. The molecule has 2 unspecified atom stereocenters. The topological polar surface area (TPSA) is 109 Å². The van der Waals surface area contributed by atoms with Crippen LogP contribution in [0.1, 0.15) is 24.8 Å². The number of carboxylic acids is 1. The van der Waals surface area contributed by atoms with Crippen molar-refractivity contribution >= 4 is 23.5 Å². The summed E-state index contributed by atoms with van der Waals surface area (Å²) in [5.41, 5.74) is 6.39. The molecule has 0 aromatic heterocycles. The lowest BCUT2D eigenvalue weighted by atomic mass is 10.0. The minimum absolute atomic E-state index is 0.0544. The third kappa shape index (κ3) is 3.81. The summed E-state index contributed by atoms with van der Waals surface area (Å²) in [5, 5.41) is 11.7. The Morgan fingerprint density at radius 1 is 1.19 bits per heavy atom. The van der Waals surface area contributed by atoms with Gasteiger partial charge >= 0.3 is 5.97 Å². The zero-order valence-electron chi connectivity index (χ0n) is 11.5. The lowest BCUT2D eigenvalue weighted by molar-refractivity contribution is -0.141. The number of amides is 2. The van der Waals surface area contributed by atoms with E-state index in [9.17, 15) is 14.4 Å². The maximum atomic E-state index is 12.2. The van der Waals surface area contributed by atoms with Crippen molar-refractivity contribution in [1.82, 2.24) is 0 Å². The van der Waals surface area contributed by atoms with E-state index < -0.39 is 17.8 Å². The molecule has 1 saturated carbocycles. The lowest BCUT2D eigenvalue weighted by Gasteiger charge is -2.13. The average molecular weight is 290 g/mol. The van der Waals surface area contributed by atoms with Crippen LogP contribution in [0.3, 0.4) is 0 Å². The molecule has 6 nitrogen and oxygen atoms in total. The second-order valence-corrected chi connectivity index (χ2v) is 5.33. The van der Waals surface area contributed by atoms with E-state index in [4.69, 9.17) is 10.8 Å². The van der Waals surface area contributed by atoms with E-state index in [1.807, 2.05) is 0 Å². The number of nitrogens with two attached hydrogens (primary N) is 1. The summed E-state index contributed by atoms with van der Waals surface area (Å²) in [6.45, 7) is 0. The number of carbonyl (C=O) groups excluding carboxylic acids is 2. The molecule has 1 aliphatic carbocycles. The number of benzene rings is 1. The molecule has 1 aliphatic rings. The van der Waals surface area contributed by atoms with Crippen LogP contribution in [0.4, 0.5) is 5.69 Å². The number of aliphatic carboxylic acids is 1. The molecule has 21 heavy (non-hydrogen) atoms. The van der Waals surface area contributed by atoms with E-state index in [1.54, 1.807) is 24.3 Å². The number of carboxylic acid groups (broad SMARTS) is 1. The highest BCUT2D eigenvalue weighted by Crippen LogP contribution is 2.32. The van der Waals surface area contributed by atoms with Gasteiger partial charge in [0.1, 0.15) is 0 Å². The van der Waals surface area contributed by atoms with Gasteiger partial charge in [-0.2, -0.15) is 0 Å². The number of nitrogens with one attached hydrogen (secondary N) is 1. The van der Waals surface area contributed by atoms with E-state index in [2.05, 4.69) is 5.32 Å². The molecule has 0 spiro atoms. The summed E-state index contributed by atoms with van der Waals surface area (Å²) in [5.74, 6) is -2.26. The first kappa shape index (κ1) is 15.0. The van der Waals surface area contributed by atoms with Gasteiger partial charge in [0.25, 0.3) is 0 Å². The molecule has 1 fully saturated rings. The molecular weight excluding hydrogens is 272 g/mol. The Bertz CT molecular complexity index is 571. The Morgan fingerprint density at radius 3 is 2.48 bits per heavy atom. The van der Waals surface area contributed by atoms with Gasteiger partial charge in [-0.05, 0) is 30.9 Å². The molecule has 4 N–H and O–H groups in total. The van der Waals surface area contributed by atoms with Crippen molar-refractivity contribution in [3.63, 3.8) is 0 Å². The summed E-state index contributed by atoms with van der Waals surface area (Å²) in [7, 11) is 0. The largest absolute Gasteiger partial charge is 0.481 e. The fraction of sp³-hybridized carbons (Fsp3) is 0.400. The maximum Gasteiger partial charge on any atom is 0.306 e. The van der Waals surface area contributed by atoms with Crippen molar-refractivity contribution in [2.75, 3.05) is 5.32 Å². The van der Waals surface area contributed by atoms with Gasteiger partial charge in [0, 0.05) is 11.6 Å². The standard InChI is InChI=1S/C15H18N2O4/c16-13(18)8-9-3-1-2-4-12(9)17-14(19)10-5-6-11(7-10)15(20)21/h1-4,10-11H,5-8H2,(H2,16,18)(H,17,19)(H,20,21). The molecule has 1 aromatic carbocycles. The summed E-state index contributed by atoms with van der Waals surface area (Å²) in [4.78, 5) is 34.1. The predicted molar refractivity (Wildman–Crippen MR) is 76.4 cm³/mol. The van der Waals surface area contributed by atoms with Crippen molar-refractivity contribution in [3.8, 4) is 0 Å². The second kappa shape index (κ2) is 6.39. The molecule has 1 aromatic rings. The normalized spacial score (nSPS) is 21.0. The molecular formula is C15H18N2O4. The fourth-order valence-electron chi connectivity index (χ4n) is 2.66. The number of para-hydroxylation sites is 1. The van der Waals surface area contributed by atoms with Gasteiger partial charge in [-0.25, -0.2) is 0 Å². The van der Waals surface area contributed by atoms with Crippen LogP contribution < -0.4 is 11.1 Å². The number of anilines is 1. The highest BCUT2D eigenvalue weighted by molar-refractivity contribution is 5.94. The summed E-state index contributed by atoms with van der Waals surface area (Å²) < 4.78 is 0. The van der Waals surface area contributed by atoms with Crippen LogP contribution in [0.2, 0.25) is 0 Å². The van der Waals surface area contributed by atoms with Crippen molar-refractivity contribution in [2.24, 2.45) is 17.6 Å². The molecule has 2 atom stereocenters. The number of hydrogen-bond acceptors (Lipinski definition) is 3. The van der Waals surface area contributed by atoms with E-state index >= 15 is 0 Å². The number of hydrogen-bond donors (Lipinski definition) is 3.